The van der Waals surface area contributed by atoms with E-state index >= 15 is 0 Å². The molecule has 0 aromatic heterocycles. The molecule has 1 fully saturated rings. The maximum absolute atomic E-state index is 6.14. The zero-order chi connectivity index (χ0) is 12.7. The Kier molecular flexibility index (Phi) is 7.14. The highest BCUT2D eigenvalue weighted by Gasteiger charge is 2.20. The van der Waals surface area contributed by atoms with Gasteiger partial charge in [0.15, 0.2) is 0 Å². The maximum atomic E-state index is 6.14. The first-order valence-electron chi connectivity index (χ1n) is 7.46. The molecule has 102 valence electrons. The van der Waals surface area contributed by atoms with E-state index in [4.69, 9.17) is 4.74 Å². The second-order valence-corrected chi connectivity index (χ2v) is 6.09. The third-order valence-electron chi connectivity index (χ3n) is 3.65. The first-order valence-corrected chi connectivity index (χ1v) is 7.46. The summed E-state index contributed by atoms with van der Waals surface area (Å²) in [5, 5.41) is 3.46. The minimum atomic E-state index is 0.430. The summed E-state index contributed by atoms with van der Waals surface area (Å²) in [6, 6.07) is 0.602. The van der Waals surface area contributed by atoms with Gasteiger partial charge in [0.2, 0.25) is 0 Å². The molecule has 3 unspecified atom stereocenters. The van der Waals surface area contributed by atoms with Crippen LogP contribution in [0.3, 0.4) is 0 Å². The second kappa shape index (κ2) is 8.10. The highest BCUT2D eigenvalue weighted by molar-refractivity contribution is 4.71. The molecule has 0 aromatic carbocycles. The van der Waals surface area contributed by atoms with E-state index in [1.54, 1.807) is 0 Å². The number of ether oxygens (including phenoxy) is 1. The van der Waals surface area contributed by atoms with Crippen molar-refractivity contribution in [3.8, 4) is 0 Å². The molecular weight excluding hydrogens is 210 g/mol. The van der Waals surface area contributed by atoms with E-state index in [0.29, 0.717) is 18.2 Å². The van der Waals surface area contributed by atoms with Crippen LogP contribution in [0.15, 0.2) is 0 Å². The molecule has 2 nitrogen and oxygen atoms in total. The molecule has 2 heteroatoms. The van der Waals surface area contributed by atoms with Gasteiger partial charge in [-0.05, 0) is 45.1 Å². The lowest BCUT2D eigenvalue weighted by atomic mass is 9.88. The molecule has 0 aliphatic heterocycles. The molecule has 0 radical (unpaired) electrons. The van der Waals surface area contributed by atoms with E-state index in [1.807, 2.05) is 0 Å². The minimum absolute atomic E-state index is 0.430. The van der Waals surface area contributed by atoms with Gasteiger partial charge in [-0.2, -0.15) is 0 Å². The van der Waals surface area contributed by atoms with Crippen LogP contribution >= 0.6 is 0 Å². The van der Waals surface area contributed by atoms with E-state index in [0.717, 1.165) is 12.5 Å². The molecule has 1 saturated carbocycles. The highest BCUT2D eigenvalue weighted by atomic mass is 16.5. The molecular formula is C15H31NO. The van der Waals surface area contributed by atoms with Crippen LogP contribution in [0.25, 0.3) is 0 Å². The Bertz CT molecular complexity index is 193. The molecule has 0 aromatic rings. The van der Waals surface area contributed by atoms with E-state index in [1.165, 1.54) is 38.5 Å². The number of hydrogen-bond acceptors (Lipinski definition) is 2. The minimum Gasteiger partial charge on any atom is -0.375 e. The standard InChI is InChI=1S/C15H31NO/c1-12(2)16-10-6-8-14(4)17-15-9-5-7-13(3)11-15/h12-16H,5-11H2,1-4H3. The fraction of sp³-hybridized carbons (Fsp3) is 1.00. The molecule has 1 N–H and O–H groups in total. The fourth-order valence-electron chi connectivity index (χ4n) is 2.68. The molecule has 1 aliphatic carbocycles. The predicted octanol–water partition coefficient (Wildman–Crippen LogP) is 3.75. The van der Waals surface area contributed by atoms with E-state index < -0.39 is 0 Å². The lowest BCUT2D eigenvalue weighted by molar-refractivity contribution is -0.0340. The van der Waals surface area contributed by atoms with Gasteiger partial charge in [0.25, 0.3) is 0 Å². The maximum Gasteiger partial charge on any atom is 0.0581 e. The zero-order valence-electron chi connectivity index (χ0n) is 12.2. The van der Waals surface area contributed by atoms with Gasteiger partial charge in [-0.25, -0.2) is 0 Å². The van der Waals surface area contributed by atoms with E-state index in [2.05, 4.69) is 33.0 Å². The normalized spacial score (nSPS) is 27.4. The van der Waals surface area contributed by atoms with Gasteiger partial charge in [0, 0.05) is 6.04 Å². The quantitative estimate of drug-likeness (QED) is 0.685. The van der Waals surface area contributed by atoms with Crippen molar-refractivity contribution in [1.82, 2.24) is 5.32 Å². The van der Waals surface area contributed by atoms with Crippen LogP contribution in [0, 0.1) is 5.92 Å². The van der Waals surface area contributed by atoms with Crippen molar-refractivity contribution in [2.75, 3.05) is 6.54 Å². The summed E-state index contributed by atoms with van der Waals surface area (Å²) in [5.41, 5.74) is 0. The fourth-order valence-corrected chi connectivity index (χ4v) is 2.68. The zero-order valence-corrected chi connectivity index (χ0v) is 12.2. The van der Waals surface area contributed by atoms with E-state index in [9.17, 15) is 0 Å². The van der Waals surface area contributed by atoms with Crippen LogP contribution in [0.5, 0.6) is 0 Å². The lowest BCUT2D eigenvalue weighted by Gasteiger charge is -2.29. The molecule has 3 atom stereocenters. The van der Waals surface area contributed by atoms with Gasteiger partial charge in [0.05, 0.1) is 12.2 Å². The van der Waals surface area contributed by atoms with Crippen molar-refractivity contribution >= 4 is 0 Å². The van der Waals surface area contributed by atoms with E-state index in [-0.39, 0.29) is 0 Å². The first-order chi connectivity index (χ1) is 8.08. The topological polar surface area (TPSA) is 21.3 Å². The molecule has 0 amide bonds. The predicted molar refractivity (Wildman–Crippen MR) is 74.3 cm³/mol. The Morgan fingerprint density at radius 2 is 2.00 bits per heavy atom. The van der Waals surface area contributed by atoms with Crippen molar-refractivity contribution in [2.24, 2.45) is 5.92 Å². The summed E-state index contributed by atoms with van der Waals surface area (Å²) in [5.74, 6) is 0.864. The SMILES string of the molecule is CC1CCCC(OC(C)CCCNC(C)C)C1. The molecule has 1 rings (SSSR count). The van der Waals surface area contributed by atoms with Crippen molar-refractivity contribution < 1.29 is 4.74 Å². The average molecular weight is 241 g/mol. The molecule has 0 saturated heterocycles. The van der Waals surface area contributed by atoms with Crippen molar-refractivity contribution in [3.63, 3.8) is 0 Å². The van der Waals surface area contributed by atoms with Crippen LogP contribution < -0.4 is 5.32 Å². The monoisotopic (exact) mass is 241 g/mol. The Labute approximate surface area is 108 Å². The number of rotatable bonds is 7. The lowest BCUT2D eigenvalue weighted by Crippen LogP contribution is -2.27. The summed E-state index contributed by atoms with van der Waals surface area (Å²) in [6.07, 6.45) is 8.67. The summed E-state index contributed by atoms with van der Waals surface area (Å²) in [4.78, 5) is 0. The summed E-state index contributed by atoms with van der Waals surface area (Å²) < 4.78 is 6.14. The third kappa shape index (κ3) is 7.05. The molecule has 0 heterocycles. The van der Waals surface area contributed by atoms with Crippen LogP contribution in [0.4, 0.5) is 0 Å². The van der Waals surface area contributed by atoms with Crippen LogP contribution in [-0.2, 0) is 4.74 Å². The molecule has 1 aliphatic rings. The van der Waals surface area contributed by atoms with Crippen LogP contribution in [0.2, 0.25) is 0 Å². The number of nitrogens with one attached hydrogen (secondary N) is 1. The summed E-state index contributed by atoms with van der Waals surface area (Å²) >= 11 is 0. The van der Waals surface area contributed by atoms with Gasteiger partial charge in [-0.15, -0.1) is 0 Å². The summed E-state index contributed by atoms with van der Waals surface area (Å²) in [6.45, 7) is 10.1. The first kappa shape index (κ1) is 15.0. The molecule has 0 bridgehead atoms. The second-order valence-electron chi connectivity index (χ2n) is 6.09. The Hall–Kier alpha value is -0.0800. The summed E-state index contributed by atoms with van der Waals surface area (Å²) in [7, 11) is 0. The van der Waals surface area contributed by atoms with Crippen molar-refractivity contribution in [1.29, 1.82) is 0 Å². The highest BCUT2D eigenvalue weighted by Crippen LogP contribution is 2.26. The Morgan fingerprint density at radius 3 is 2.65 bits per heavy atom. The van der Waals surface area contributed by atoms with Gasteiger partial charge in [0.1, 0.15) is 0 Å². The molecule has 0 spiro atoms. The smallest absolute Gasteiger partial charge is 0.0581 e. The number of hydrogen-bond donors (Lipinski definition) is 1. The average Bonchev–Trinajstić information content (AvgIpc) is 2.24. The van der Waals surface area contributed by atoms with Gasteiger partial charge >= 0.3 is 0 Å². The van der Waals surface area contributed by atoms with Crippen LogP contribution in [0.1, 0.15) is 66.2 Å². The van der Waals surface area contributed by atoms with Gasteiger partial charge in [-0.3, -0.25) is 0 Å². The van der Waals surface area contributed by atoms with Gasteiger partial charge in [-0.1, -0.05) is 33.6 Å². The van der Waals surface area contributed by atoms with Crippen molar-refractivity contribution in [3.05, 3.63) is 0 Å². The third-order valence-corrected chi connectivity index (χ3v) is 3.65. The Balaban J connectivity index is 2.05. The van der Waals surface area contributed by atoms with Crippen LogP contribution in [-0.4, -0.2) is 24.8 Å². The Morgan fingerprint density at radius 1 is 1.24 bits per heavy atom. The largest absolute Gasteiger partial charge is 0.375 e. The van der Waals surface area contributed by atoms with Crippen molar-refractivity contribution in [2.45, 2.75) is 84.5 Å². The van der Waals surface area contributed by atoms with Gasteiger partial charge < -0.3 is 10.1 Å². The molecule has 17 heavy (non-hydrogen) atoms.